The molecular weight excluding hydrogens is 547 g/mol. The van der Waals surface area contributed by atoms with Gasteiger partial charge in [-0.25, -0.2) is 10.2 Å². The van der Waals surface area contributed by atoms with Gasteiger partial charge in [0.2, 0.25) is 0 Å². The van der Waals surface area contributed by atoms with Crippen LogP contribution in [0.2, 0.25) is 10.0 Å². The van der Waals surface area contributed by atoms with Gasteiger partial charge in [-0.1, -0.05) is 83.9 Å². The fourth-order valence-electron chi connectivity index (χ4n) is 3.97. The first-order valence-corrected chi connectivity index (χ1v) is 13.0. The summed E-state index contributed by atoms with van der Waals surface area (Å²) < 4.78 is 11.5. The van der Waals surface area contributed by atoms with Crippen molar-refractivity contribution < 1.29 is 19.1 Å². The molecule has 8 heteroatoms. The van der Waals surface area contributed by atoms with E-state index in [1.54, 1.807) is 36.4 Å². The number of esters is 1. The maximum absolute atomic E-state index is 12.9. The Morgan fingerprint density at radius 2 is 1.57 bits per heavy atom. The van der Waals surface area contributed by atoms with E-state index in [0.717, 1.165) is 16.3 Å². The van der Waals surface area contributed by atoms with Crippen molar-refractivity contribution in [2.75, 3.05) is 0 Å². The summed E-state index contributed by atoms with van der Waals surface area (Å²) in [4.78, 5) is 25.6. The molecule has 0 aromatic heterocycles. The van der Waals surface area contributed by atoms with Gasteiger partial charge in [0.05, 0.1) is 16.8 Å². The normalized spacial score (nSPS) is 10.9. The Labute approximate surface area is 240 Å². The zero-order valence-corrected chi connectivity index (χ0v) is 22.5. The molecular formula is C32H22Cl2N2O4. The van der Waals surface area contributed by atoms with E-state index < -0.39 is 11.9 Å². The number of fused-ring (bicyclic) bond motifs is 1. The molecule has 5 aromatic carbocycles. The van der Waals surface area contributed by atoms with Crippen LogP contribution in [0.1, 0.15) is 31.8 Å². The number of carbonyl (C=O) groups is 2. The van der Waals surface area contributed by atoms with E-state index in [-0.39, 0.29) is 16.3 Å². The first-order chi connectivity index (χ1) is 19.5. The van der Waals surface area contributed by atoms with Crippen molar-refractivity contribution in [2.45, 2.75) is 6.61 Å². The largest absolute Gasteiger partial charge is 0.489 e. The molecule has 5 aromatic rings. The summed E-state index contributed by atoms with van der Waals surface area (Å²) in [6, 6.07) is 32.2. The van der Waals surface area contributed by atoms with Crippen molar-refractivity contribution in [3.05, 3.63) is 141 Å². The third kappa shape index (κ3) is 6.49. The molecule has 0 aliphatic carbocycles. The summed E-state index contributed by atoms with van der Waals surface area (Å²) in [6.07, 6.45) is 1.45. The molecule has 0 unspecified atom stereocenters. The quantitative estimate of drug-likeness (QED) is 0.0899. The number of carbonyl (C=O) groups excluding carboxylic acids is 2. The average molecular weight is 569 g/mol. The molecule has 0 heterocycles. The molecule has 0 saturated carbocycles. The highest BCUT2D eigenvalue weighted by atomic mass is 35.5. The Hall–Kier alpha value is -4.65. The highest BCUT2D eigenvalue weighted by molar-refractivity contribution is 6.36. The summed E-state index contributed by atoms with van der Waals surface area (Å²) in [6.45, 7) is 0.429. The number of hydrogen-bond donors (Lipinski definition) is 1. The van der Waals surface area contributed by atoms with Gasteiger partial charge in [-0.2, -0.15) is 5.10 Å². The number of nitrogens with zero attached hydrogens (tertiary/aromatic N) is 1. The van der Waals surface area contributed by atoms with Crippen LogP contribution in [-0.2, 0) is 6.61 Å². The monoisotopic (exact) mass is 568 g/mol. The van der Waals surface area contributed by atoms with Gasteiger partial charge < -0.3 is 9.47 Å². The Kier molecular flexibility index (Phi) is 8.40. The van der Waals surface area contributed by atoms with Gasteiger partial charge in [0, 0.05) is 16.1 Å². The molecule has 1 amide bonds. The van der Waals surface area contributed by atoms with Gasteiger partial charge in [-0.3, -0.25) is 4.79 Å². The van der Waals surface area contributed by atoms with E-state index in [1.807, 2.05) is 60.7 Å². The van der Waals surface area contributed by atoms with Gasteiger partial charge in [0.1, 0.15) is 18.1 Å². The number of halogens is 2. The molecule has 0 fully saturated rings. The zero-order chi connectivity index (χ0) is 27.9. The van der Waals surface area contributed by atoms with Crippen molar-refractivity contribution in [3.8, 4) is 11.5 Å². The van der Waals surface area contributed by atoms with Crippen molar-refractivity contribution in [3.63, 3.8) is 0 Å². The van der Waals surface area contributed by atoms with Gasteiger partial charge in [0.25, 0.3) is 5.91 Å². The second-order valence-electron chi connectivity index (χ2n) is 8.71. The van der Waals surface area contributed by atoms with Crippen LogP contribution >= 0.6 is 23.2 Å². The second-order valence-corrected chi connectivity index (χ2v) is 9.55. The Morgan fingerprint density at radius 3 is 2.35 bits per heavy atom. The van der Waals surface area contributed by atoms with Crippen LogP contribution in [0.3, 0.4) is 0 Å². The Morgan fingerprint density at radius 1 is 0.825 bits per heavy atom. The highest BCUT2D eigenvalue weighted by Crippen LogP contribution is 2.29. The molecule has 0 radical (unpaired) electrons. The van der Waals surface area contributed by atoms with Gasteiger partial charge in [-0.15, -0.1) is 0 Å². The van der Waals surface area contributed by atoms with E-state index >= 15 is 0 Å². The topological polar surface area (TPSA) is 77.0 Å². The third-order valence-corrected chi connectivity index (χ3v) is 6.56. The molecule has 1 N–H and O–H groups in total. The van der Waals surface area contributed by atoms with Gasteiger partial charge in [-0.05, 0) is 64.9 Å². The number of amides is 1. The molecule has 0 saturated heterocycles. The molecule has 0 bridgehead atoms. The smallest absolute Gasteiger partial charge is 0.345 e. The molecule has 0 aliphatic rings. The maximum atomic E-state index is 12.9. The van der Waals surface area contributed by atoms with Crippen LogP contribution in [0.5, 0.6) is 11.5 Å². The zero-order valence-electron chi connectivity index (χ0n) is 21.0. The van der Waals surface area contributed by atoms with Crippen LogP contribution in [0.25, 0.3) is 10.8 Å². The summed E-state index contributed by atoms with van der Waals surface area (Å²) in [5, 5.41) is 6.42. The van der Waals surface area contributed by atoms with Crippen LogP contribution in [0.15, 0.2) is 114 Å². The fraction of sp³-hybridized carbons (Fsp3) is 0.0312. The lowest BCUT2D eigenvalue weighted by Gasteiger charge is -2.11. The number of nitrogens with one attached hydrogen (secondary N) is 1. The number of hydrazone groups is 1. The van der Waals surface area contributed by atoms with E-state index in [4.69, 9.17) is 32.7 Å². The van der Waals surface area contributed by atoms with Crippen LogP contribution in [0.4, 0.5) is 0 Å². The molecule has 6 nitrogen and oxygen atoms in total. The lowest BCUT2D eigenvalue weighted by Crippen LogP contribution is -2.17. The summed E-state index contributed by atoms with van der Waals surface area (Å²) in [5.74, 6) is -0.151. The van der Waals surface area contributed by atoms with Crippen molar-refractivity contribution >= 4 is 52.1 Å². The third-order valence-electron chi connectivity index (χ3n) is 6.01. The Balaban J connectivity index is 1.30. The summed E-state index contributed by atoms with van der Waals surface area (Å²) >= 11 is 12.1. The van der Waals surface area contributed by atoms with Crippen LogP contribution in [-0.4, -0.2) is 18.1 Å². The average Bonchev–Trinajstić information content (AvgIpc) is 2.97. The number of ether oxygens (including phenoxy) is 2. The molecule has 5 rings (SSSR count). The molecule has 0 aliphatic heterocycles. The minimum atomic E-state index is -0.648. The van der Waals surface area contributed by atoms with Gasteiger partial charge in [0.15, 0.2) is 0 Å². The highest BCUT2D eigenvalue weighted by Gasteiger charge is 2.16. The first-order valence-electron chi connectivity index (χ1n) is 12.3. The lowest BCUT2D eigenvalue weighted by molar-refractivity contribution is 0.0734. The maximum Gasteiger partial charge on any atom is 0.345 e. The van der Waals surface area contributed by atoms with Crippen molar-refractivity contribution in [1.82, 2.24) is 5.43 Å². The number of hydrogen-bond acceptors (Lipinski definition) is 5. The molecule has 40 heavy (non-hydrogen) atoms. The summed E-state index contributed by atoms with van der Waals surface area (Å²) in [5.41, 5.74) is 4.68. The van der Waals surface area contributed by atoms with E-state index in [2.05, 4.69) is 10.5 Å². The SMILES string of the molecule is O=C(NN=Cc1c(OC(=O)c2ccc(Cl)cc2Cl)ccc2ccccc12)c1ccc(OCc2ccccc2)cc1. The predicted octanol–water partition coefficient (Wildman–Crippen LogP) is 7.71. The molecule has 198 valence electrons. The fourth-order valence-corrected chi connectivity index (χ4v) is 4.46. The van der Waals surface area contributed by atoms with E-state index in [0.29, 0.717) is 28.5 Å². The van der Waals surface area contributed by atoms with Crippen LogP contribution in [0, 0.1) is 0 Å². The van der Waals surface area contributed by atoms with Crippen LogP contribution < -0.4 is 14.9 Å². The lowest BCUT2D eigenvalue weighted by atomic mass is 10.0. The standard InChI is InChI=1S/C32H22Cl2N2O4/c33-24-13-16-27(29(34)18-24)32(38)40-30-17-12-22-8-4-5-9-26(22)28(30)19-35-36-31(37)23-10-14-25(15-11-23)39-20-21-6-2-1-3-7-21/h1-19H,20H2,(H,36,37). The van der Waals surface area contributed by atoms with Crippen molar-refractivity contribution in [1.29, 1.82) is 0 Å². The van der Waals surface area contributed by atoms with E-state index in [9.17, 15) is 9.59 Å². The predicted molar refractivity (Wildman–Crippen MR) is 158 cm³/mol. The number of benzene rings is 5. The minimum Gasteiger partial charge on any atom is -0.489 e. The molecule has 0 atom stereocenters. The van der Waals surface area contributed by atoms with E-state index in [1.165, 1.54) is 18.3 Å². The molecule has 0 spiro atoms. The first kappa shape index (κ1) is 26.9. The summed E-state index contributed by atoms with van der Waals surface area (Å²) in [7, 11) is 0. The van der Waals surface area contributed by atoms with Crippen molar-refractivity contribution in [2.24, 2.45) is 5.10 Å². The number of rotatable bonds is 8. The second kappa shape index (κ2) is 12.5. The Bertz CT molecular complexity index is 1700. The minimum absolute atomic E-state index is 0.173. The van der Waals surface area contributed by atoms with Gasteiger partial charge >= 0.3 is 5.97 Å².